The lowest BCUT2D eigenvalue weighted by atomic mass is 9.42. The minimum Gasteiger partial charge on any atom is -0.376 e. The molecule has 3 heterocycles. The third-order valence-corrected chi connectivity index (χ3v) is 19.1. The normalized spacial score (nSPS) is 14.0. The molecule has 0 atom stereocenters. The smallest absolute Gasteiger partial charge is 0.333 e. The first kappa shape index (κ1) is 49.9. The Balaban J connectivity index is 1.00. The predicted molar refractivity (Wildman–Crippen MR) is 361 cm³/mol. The van der Waals surface area contributed by atoms with Crippen LogP contribution < -0.4 is 25.5 Å². The van der Waals surface area contributed by atoms with Gasteiger partial charge in [0.1, 0.15) is 0 Å². The molecule has 0 amide bonds. The molecular formula is C82H58BN3. The molecule has 17 rings (SSSR count). The van der Waals surface area contributed by atoms with E-state index in [0.717, 1.165) is 28.4 Å². The fourth-order valence-electron chi connectivity index (χ4n) is 15.3. The van der Waals surface area contributed by atoms with E-state index >= 15 is 0 Å². The van der Waals surface area contributed by atoms with Gasteiger partial charge in [0, 0.05) is 50.8 Å². The quantitative estimate of drug-likeness (QED) is 0.133. The molecule has 3 nitrogen and oxygen atoms in total. The molecule has 3 aliphatic heterocycles. The molecule has 4 aliphatic rings. The van der Waals surface area contributed by atoms with Gasteiger partial charge in [-0.3, -0.25) is 0 Å². The van der Waals surface area contributed by atoms with Crippen LogP contribution in [0.25, 0.3) is 55.6 Å². The predicted octanol–water partition coefficient (Wildman–Crippen LogP) is 19.9. The summed E-state index contributed by atoms with van der Waals surface area (Å²) in [6.45, 7) is 4.59. The van der Waals surface area contributed by atoms with Crippen LogP contribution in [0.5, 0.6) is 0 Å². The number of rotatable bonds is 9. The molecule has 404 valence electrons. The molecule has 0 aromatic heterocycles. The zero-order valence-electron chi connectivity index (χ0n) is 47.9. The van der Waals surface area contributed by atoms with E-state index in [2.05, 4.69) is 344 Å². The van der Waals surface area contributed by atoms with E-state index in [-0.39, 0.29) is 12.3 Å². The lowest BCUT2D eigenvalue weighted by Gasteiger charge is -2.52. The van der Waals surface area contributed by atoms with Crippen molar-refractivity contribution in [3.63, 3.8) is 0 Å². The highest BCUT2D eigenvalue weighted by molar-refractivity contribution is 6.93. The second-order valence-corrected chi connectivity index (χ2v) is 23.9. The van der Waals surface area contributed by atoms with E-state index in [1.165, 1.54) is 117 Å². The number of hydrogen-bond donors (Lipinski definition) is 0. The molecule has 0 fully saturated rings. The average molecular weight is 1100 g/mol. The van der Waals surface area contributed by atoms with Crippen LogP contribution in [0.1, 0.15) is 47.2 Å². The summed E-state index contributed by atoms with van der Waals surface area (Å²) >= 11 is 0. The maximum Gasteiger partial charge on any atom is 0.333 e. The van der Waals surface area contributed by atoms with Gasteiger partial charge >= 0.3 is 6.85 Å². The van der Waals surface area contributed by atoms with E-state index in [1.54, 1.807) is 0 Å². The molecule has 0 N–H and O–H groups in total. The van der Waals surface area contributed by atoms with Crippen LogP contribution in [-0.2, 0) is 10.8 Å². The van der Waals surface area contributed by atoms with Crippen LogP contribution in [-0.4, -0.2) is 6.85 Å². The van der Waals surface area contributed by atoms with E-state index in [1.807, 2.05) is 0 Å². The van der Waals surface area contributed by atoms with Crippen molar-refractivity contribution in [2.75, 3.05) is 14.6 Å². The van der Waals surface area contributed by atoms with Crippen LogP contribution in [0.2, 0.25) is 0 Å². The first-order chi connectivity index (χ1) is 42.4. The van der Waals surface area contributed by atoms with Gasteiger partial charge in [-0.15, -0.1) is 0 Å². The Bertz CT molecular complexity index is 4630. The number of anilines is 8. The highest BCUT2D eigenvalue weighted by atomic mass is 15.2. The molecule has 0 saturated heterocycles. The van der Waals surface area contributed by atoms with Gasteiger partial charge in [0.15, 0.2) is 0 Å². The zero-order chi connectivity index (χ0) is 57.1. The minimum atomic E-state index is -0.670. The third kappa shape index (κ3) is 7.36. The van der Waals surface area contributed by atoms with Gasteiger partial charge in [0.2, 0.25) is 0 Å². The highest BCUT2D eigenvalue weighted by Gasteiger charge is 2.54. The van der Waals surface area contributed by atoms with Crippen LogP contribution in [0.4, 0.5) is 45.5 Å². The summed E-state index contributed by atoms with van der Waals surface area (Å²) in [6, 6.07) is 118. The van der Waals surface area contributed by atoms with Crippen molar-refractivity contribution in [3.8, 4) is 55.6 Å². The Morgan fingerprint density at radius 1 is 0.326 bits per heavy atom. The van der Waals surface area contributed by atoms with Crippen LogP contribution in [0.3, 0.4) is 0 Å². The van der Waals surface area contributed by atoms with E-state index in [9.17, 15) is 0 Å². The van der Waals surface area contributed by atoms with Gasteiger partial charge in [-0.05, 0) is 155 Å². The summed E-state index contributed by atoms with van der Waals surface area (Å²) in [5.74, 6) is 0. The van der Waals surface area contributed by atoms with Crippen molar-refractivity contribution >= 4 is 63.3 Å². The van der Waals surface area contributed by atoms with Crippen LogP contribution >= 0.6 is 0 Å². The molecule has 0 saturated carbocycles. The Morgan fingerprint density at radius 3 is 1.37 bits per heavy atom. The third-order valence-electron chi connectivity index (χ3n) is 19.1. The zero-order valence-corrected chi connectivity index (χ0v) is 47.9. The summed E-state index contributed by atoms with van der Waals surface area (Å²) in [5, 5.41) is 0. The van der Waals surface area contributed by atoms with Crippen molar-refractivity contribution in [3.05, 3.63) is 349 Å². The summed E-state index contributed by atoms with van der Waals surface area (Å²) in [4.78, 5) is 7.87. The second kappa shape index (κ2) is 19.5. The fraction of sp³-hybridized carbons (Fsp3) is 0.0488. The van der Waals surface area contributed by atoms with E-state index < -0.39 is 5.41 Å². The molecule has 0 bridgehead atoms. The maximum atomic E-state index is 2.70. The van der Waals surface area contributed by atoms with Crippen molar-refractivity contribution in [2.45, 2.75) is 24.7 Å². The largest absolute Gasteiger partial charge is 0.376 e. The molecule has 13 aromatic rings. The molecular weight excluding hydrogens is 1040 g/mol. The SMILES string of the molecule is CC1(C)c2ccccc2-c2c1ccc1c2-c2cc(N(c3ccc(-c4ccccc4)cc3)c3ccc(-c4ccccc4)cc3)cc3c2B(c2cccc4c2N3c2ccccc2C4(c2ccccc2)c2ccccc2)N1c1ccc(-c2ccccc2)cc1. The van der Waals surface area contributed by atoms with Gasteiger partial charge in [0.05, 0.1) is 11.1 Å². The lowest BCUT2D eigenvalue weighted by molar-refractivity contribution is 0.660. The van der Waals surface area contributed by atoms with Crippen molar-refractivity contribution in [2.24, 2.45) is 0 Å². The molecule has 0 unspecified atom stereocenters. The second-order valence-electron chi connectivity index (χ2n) is 23.9. The van der Waals surface area contributed by atoms with Crippen molar-refractivity contribution in [1.29, 1.82) is 0 Å². The van der Waals surface area contributed by atoms with E-state index in [4.69, 9.17) is 0 Å². The van der Waals surface area contributed by atoms with Gasteiger partial charge in [0.25, 0.3) is 0 Å². The molecule has 13 aromatic carbocycles. The first-order valence-corrected chi connectivity index (χ1v) is 30.1. The van der Waals surface area contributed by atoms with E-state index in [0.29, 0.717) is 0 Å². The number of hydrogen-bond acceptors (Lipinski definition) is 3. The van der Waals surface area contributed by atoms with Crippen molar-refractivity contribution in [1.82, 2.24) is 0 Å². The number of fused-ring (bicyclic) bond motifs is 10. The Labute approximate surface area is 504 Å². The summed E-state index contributed by atoms with van der Waals surface area (Å²) in [5.41, 5.74) is 30.6. The number of benzene rings is 13. The van der Waals surface area contributed by atoms with Gasteiger partial charge < -0.3 is 14.6 Å². The summed E-state index contributed by atoms with van der Waals surface area (Å²) < 4.78 is 0. The summed E-state index contributed by atoms with van der Waals surface area (Å²) in [7, 11) is 0. The van der Waals surface area contributed by atoms with Gasteiger partial charge in [-0.2, -0.15) is 0 Å². The Morgan fingerprint density at radius 2 is 0.802 bits per heavy atom. The number of nitrogens with zero attached hydrogens (tertiary/aromatic N) is 3. The lowest BCUT2D eigenvalue weighted by Crippen LogP contribution is -2.62. The summed E-state index contributed by atoms with van der Waals surface area (Å²) in [6.07, 6.45) is 0. The minimum absolute atomic E-state index is 0.240. The van der Waals surface area contributed by atoms with Crippen LogP contribution in [0, 0.1) is 0 Å². The molecule has 86 heavy (non-hydrogen) atoms. The molecule has 0 spiro atoms. The average Bonchev–Trinajstić information content (AvgIpc) is 0.814. The topological polar surface area (TPSA) is 9.72 Å². The highest BCUT2D eigenvalue weighted by Crippen LogP contribution is 2.62. The van der Waals surface area contributed by atoms with Gasteiger partial charge in [-0.1, -0.05) is 269 Å². The van der Waals surface area contributed by atoms with Crippen LogP contribution in [0.15, 0.2) is 315 Å². The first-order valence-electron chi connectivity index (χ1n) is 30.1. The fourth-order valence-corrected chi connectivity index (χ4v) is 15.3. The molecule has 4 heteroatoms. The van der Waals surface area contributed by atoms with Crippen molar-refractivity contribution < 1.29 is 0 Å². The number of para-hydroxylation sites is 2. The molecule has 1 aliphatic carbocycles. The standard InChI is InChI=1S/C82H58BN3/c1-81(2)69-34-19-18-33-67(69)77-71(81)51-52-75-78(77)68-53-66(84(63-45-39-58(40-46-63)55-23-8-3-9-24-55)64-47-41-59(42-48-64)56-25-10-4-11-26-56)54-76-79(68)83(86(75)65-49-43-60(44-50-65)57-27-12-5-13-28-57)73-37-22-36-72-80(73)85(76)74-38-21-20-35-70(74)82(72,61-29-14-6-15-30-61)62-31-16-7-17-32-62/h3-54H,1-2H3. The monoisotopic (exact) mass is 1100 g/mol. The Kier molecular flexibility index (Phi) is 11.3. The Hall–Kier alpha value is -10.7. The van der Waals surface area contributed by atoms with Gasteiger partial charge in [-0.25, -0.2) is 0 Å². The maximum absolute atomic E-state index is 2.70. The molecule has 0 radical (unpaired) electrons.